The highest BCUT2D eigenvalue weighted by Gasteiger charge is 2.37. The number of carbonyl (C=O) groups excluding carboxylic acids is 1. The van der Waals surface area contributed by atoms with E-state index in [4.69, 9.17) is 9.84 Å². The molecule has 0 spiro atoms. The molecule has 2 atom stereocenters. The molecule has 1 aromatic rings. The van der Waals surface area contributed by atoms with E-state index in [1.807, 2.05) is 0 Å². The zero-order chi connectivity index (χ0) is 15.6. The molecule has 2 rings (SSSR count). The Morgan fingerprint density at radius 3 is 2.81 bits per heavy atom. The molecule has 0 aliphatic carbocycles. The fraction of sp³-hybridized carbons (Fsp3) is 0.538. The van der Waals surface area contributed by atoms with Gasteiger partial charge >= 0.3 is 11.9 Å². The van der Waals surface area contributed by atoms with Crippen LogP contribution in [-0.2, 0) is 9.53 Å². The van der Waals surface area contributed by atoms with Crippen molar-refractivity contribution in [3.8, 4) is 0 Å². The van der Waals surface area contributed by atoms with E-state index in [-0.39, 0.29) is 31.1 Å². The van der Waals surface area contributed by atoms with Crippen molar-refractivity contribution in [2.45, 2.75) is 32.4 Å². The summed E-state index contributed by atoms with van der Waals surface area (Å²) in [6.07, 6.45) is 0.705. The van der Waals surface area contributed by atoms with Gasteiger partial charge in [-0.05, 0) is 13.8 Å². The molecule has 1 saturated heterocycles. The van der Waals surface area contributed by atoms with E-state index in [0.29, 0.717) is 5.69 Å². The maximum absolute atomic E-state index is 11.7. The number of aryl methyl sites for hydroxylation is 1. The van der Waals surface area contributed by atoms with E-state index in [1.54, 1.807) is 13.8 Å². The third-order valence-corrected chi connectivity index (χ3v) is 3.28. The summed E-state index contributed by atoms with van der Waals surface area (Å²) in [6.45, 7) is 3.72. The summed E-state index contributed by atoms with van der Waals surface area (Å²) >= 11 is 0. The first kappa shape index (κ1) is 15.2. The van der Waals surface area contributed by atoms with Crippen LogP contribution < -0.4 is 4.90 Å². The number of nitrogens with zero attached hydrogens (tertiary/aromatic N) is 3. The molecular formula is C13H17N3O5. The van der Waals surface area contributed by atoms with Gasteiger partial charge in [0.15, 0.2) is 0 Å². The Hall–Kier alpha value is -2.22. The van der Waals surface area contributed by atoms with Crippen LogP contribution in [0.25, 0.3) is 0 Å². The number of carboxylic acid groups (broad SMARTS) is 1. The van der Waals surface area contributed by atoms with Gasteiger partial charge in [0.05, 0.1) is 24.0 Å². The lowest BCUT2D eigenvalue weighted by molar-refractivity contribution is -0.138. The molecule has 0 bridgehead atoms. The van der Waals surface area contributed by atoms with Crippen LogP contribution in [0.5, 0.6) is 0 Å². The van der Waals surface area contributed by atoms with Gasteiger partial charge in [-0.15, -0.1) is 0 Å². The largest absolute Gasteiger partial charge is 0.480 e. The molecule has 0 radical (unpaired) electrons. The molecule has 1 fully saturated rings. The third-order valence-electron chi connectivity index (χ3n) is 3.28. The van der Waals surface area contributed by atoms with Gasteiger partial charge in [-0.3, -0.25) is 0 Å². The minimum Gasteiger partial charge on any atom is -0.480 e. The Kier molecular flexibility index (Phi) is 4.37. The number of aliphatic carboxylic acids is 1. The Balaban J connectivity index is 2.27. The molecule has 1 aliphatic heterocycles. The minimum absolute atomic E-state index is 0.122. The van der Waals surface area contributed by atoms with E-state index in [9.17, 15) is 14.7 Å². The molecule has 21 heavy (non-hydrogen) atoms. The number of rotatable bonds is 4. The molecule has 1 aromatic heterocycles. The van der Waals surface area contributed by atoms with Crippen molar-refractivity contribution in [3.63, 3.8) is 0 Å². The lowest BCUT2D eigenvalue weighted by atomic mass is 10.2. The Labute approximate surface area is 121 Å². The van der Waals surface area contributed by atoms with Crippen LogP contribution in [0.2, 0.25) is 0 Å². The zero-order valence-electron chi connectivity index (χ0n) is 11.8. The average Bonchev–Trinajstić information content (AvgIpc) is 2.81. The van der Waals surface area contributed by atoms with Gasteiger partial charge in [0.1, 0.15) is 6.04 Å². The molecule has 8 nitrogen and oxygen atoms in total. The second-order valence-electron chi connectivity index (χ2n) is 4.79. The minimum atomic E-state index is -1.04. The van der Waals surface area contributed by atoms with Gasteiger partial charge in [0.2, 0.25) is 5.95 Å². The number of carboxylic acids is 1. The Morgan fingerprint density at radius 1 is 1.52 bits per heavy atom. The van der Waals surface area contributed by atoms with Gasteiger partial charge in [0, 0.05) is 19.2 Å². The molecule has 8 heteroatoms. The molecular weight excluding hydrogens is 278 g/mol. The van der Waals surface area contributed by atoms with Crippen molar-refractivity contribution in [3.05, 3.63) is 17.5 Å². The Bertz CT molecular complexity index is 563. The van der Waals surface area contributed by atoms with Gasteiger partial charge in [-0.2, -0.15) is 0 Å². The van der Waals surface area contributed by atoms with Crippen molar-refractivity contribution in [1.82, 2.24) is 9.97 Å². The summed E-state index contributed by atoms with van der Waals surface area (Å²) in [4.78, 5) is 32.5. The standard InChI is InChI=1S/C13H17N3O5/c1-3-21-12(20)9-5-14-13(15-7(9)2)16-6-8(17)4-10(16)11(18)19/h5,8,10,17H,3-4,6H2,1-2H3,(H,18,19). The normalized spacial score (nSPS) is 21.4. The van der Waals surface area contributed by atoms with Gasteiger partial charge in [0.25, 0.3) is 0 Å². The highest BCUT2D eigenvalue weighted by molar-refractivity contribution is 5.90. The first-order valence-corrected chi connectivity index (χ1v) is 6.62. The highest BCUT2D eigenvalue weighted by atomic mass is 16.5. The second-order valence-corrected chi connectivity index (χ2v) is 4.79. The molecule has 0 aromatic carbocycles. The predicted octanol–water partition coefficient (Wildman–Crippen LogP) is -0.0141. The van der Waals surface area contributed by atoms with Crippen molar-refractivity contribution in [1.29, 1.82) is 0 Å². The first-order chi connectivity index (χ1) is 9.93. The highest BCUT2D eigenvalue weighted by Crippen LogP contribution is 2.23. The van der Waals surface area contributed by atoms with Crippen LogP contribution in [-0.4, -0.2) is 57.4 Å². The number of β-amino-alcohol motifs (C(OH)–C–C–N with tert-alkyl or cyclic N) is 1. The number of aromatic nitrogens is 2. The monoisotopic (exact) mass is 295 g/mol. The summed E-state index contributed by atoms with van der Waals surface area (Å²) in [5.41, 5.74) is 0.649. The van der Waals surface area contributed by atoms with Crippen LogP contribution in [0.15, 0.2) is 6.20 Å². The van der Waals surface area contributed by atoms with E-state index in [0.717, 1.165) is 0 Å². The van der Waals surface area contributed by atoms with Crippen molar-refractivity contribution in [2.24, 2.45) is 0 Å². The number of hydrogen-bond donors (Lipinski definition) is 2. The lowest BCUT2D eigenvalue weighted by Gasteiger charge is -2.21. The fourth-order valence-corrected chi connectivity index (χ4v) is 2.27. The van der Waals surface area contributed by atoms with Crippen molar-refractivity contribution in [2.75, 3.05) is 18.1 Å². The van der Waals surface area contributed by atoms with Crippen molar-refractivity contribution < 1.29 is 24.5 Å². The third kappa shape index (κ3) is 3.10. The van der Waals surface area contributed by atoms with E-state index in [2.05, 4.69) is 9.97 Å². The number of anilines is 1. The molecule has 2 unspecified atom stereocenters. The number of aliphatic hydroxyl groups excluding tert-OH is 1. The number of esters is 1. The van der Waals surface area contributed by atoms with E-state index >= 15 is 0 Å². The molecule has 0 saturated carbocycles. The molecule has 0 amide bonds. The van der Waals surface area contributed by atoms with E-state index in [1.165, 1.54) is 11.1 Å². The topological polar surface area (TPSA) is 113 Å². The number of hydrogen-bond acceptors (Lipinski definition) is 7. The molecule has 1 aliphatic rings. The maximum Gasteiger partial charge on any atom is 0.341 e. The fourth-order valence-electron chi connectivity index (χ4n) is 2.27. The van der Waals surface area contributed by atoms with Gasteiger partial charge in [-0.1, -0.05) is 0 Å². The van der Waals surface area contributed by atoms with Gasteiger partial charge < -0.3 is 19.8 Å². The summed E-state index contributed by atoms with van der Waals surface area (Å²) in [7, 11) is 0. The number of carbonyl (C=O) groups is 2. The van der Waals surface area contributed by atoms with Crippen LogP contribution in [0.4, 0.5) is 5.95 Å². The summed E-state index contributed by atoms with van der Waals surface area (Å²) in [6, 6.07) is -0.868. The van der Waals surface area contributed by atoms with Crippen LogP contribution in [0.1, 0.15) is 29.4 Å². The molecule has 2 heterocycles. The average molecular weight is 295 g/mol. The lowest BCUT2D eigenvalue weighted by Crippen LogP contribution is -2.37. The Morgan fingerprint density at radius 2 is 2.24 bits per heavy atom. The maximum atomic E-state index is 11.7. The van der Waals surface area contributed by atoms with Gasteiger partial charge in [-0.25, -0.2) is 19.6 Å². The van der Waals surface area contributed by atoms with Crippen molar-refractivity contribution >= 4 is 17.9 Å². The second kappa shape index (κ2) is 6.04. The predicted molar refractivity (Wildman–Crippen MR) is 72.1 cm³/mol. The smallest absolute Gasteiger partial charge is 0.341 e. The van der Waals surface area contributed by atoms with Crippen LogP contribution in [0, 0.1) is 6.92 Å². The SMILES string of the molecule is CCOC(=O)c1cnc(N2CC(O)CC2C(=O)O)nc1C. The summed E-state index contributed by atoms with van der Waals surface area (Å²) < 4.78 is 4.88. The summed E-state index contributed by atoms with van der Waals surface area (Å²) in [5.74, 6) is -1.37. The first-order valence-electron chi connectivity index (χ1n) is 6.62. The van der Waals surface area contributed by atoms with Crippen LogP contribution >= 0.6 is 0 Å². The molecule has 114 valence electrons. The van der Waals surface area contributed by atoms with E-state index < -0.39 is 24.1 Å². The number of aliphatic hydroxyl groups is 1. The summed E-state index contributed by atoms with van der Waals surface area (Å²) in [5, 5.41) is 18.8. The molecule has 2 N–H and O–H groups in total. The zero-order valence-corrected chi connectivity index (χ0v) is 11.8. The van der Waals surface area contributed by atoms with Crippen LogP contribution in [0.3, 0.4) is 0 Å². The number of ether oxygens (including phenoxy) is 1. The quantitative estimate of drug-likeness (QED) is 0.745.